The number of anilines is 1. The number of thiazole rings is 1. The van der Waals surface area contributed by atoms with Crippen molar-refractivity contribution in [3.8, 4) is 10.6 Å². The Kier molecular flexibility index (Phi) is 5.58. The van der Waals surface area contributed by atoms with Crippen molar-refractivity contribution < 1.29 is 4.79 Å². The quantitative estimate of drug-likeness (QED) is 0.640. The molecule has 0 aliphatic heterocycles. The summed E-state index contributed by atoms with van der Waals surface area (Å²) < 4.78 is 0. The maximum atomic E-state index is 12.1. The SMILES string of the molecule is O=C(NCCCNc1ccccc1)c1csc(-c2ccccc2)n1. The highest BCUT2D eigenvalue weighted by Gasteiger charge is 2.10. The van der Waals surface area contributed by atoms with Gasteiger partial charge in [0.1, 0.15) is 10.7 Å². The summed E-state index contributed by atoms with van der Waals surface area (Å²) in [6, 6.07) is 19.9. The monoisotopic (exact) mass is 337 g/mol. The number of rotatable bonds is 7. The van der Waals surface area contributed by atoms with Crippen LogP contribution >= 0.6 is 11.3 Å². The van der Waals surface area contributed by atoms with E-state index in [1.165, 1.54) is 11.3 Å². The molecule has 2 N–H and O–H groups in total. The highest BCUT2D eigenvalue weighted by atomic mass is 32.1. The van der Waals surface area contributed by atoms with Crippen molar-refractivity contribution in [2.24, 2.45) is 0 Å². The summed E-state index contributed by atoms with van der Waals surface area (Å²) in [6.07, 6.45) is 0.857. The maximum absolute atomic E-state index is 12.1. The first kappa shape index (κ1) is 16.2. The fourth-order valence-corrected chi connectivity index (χ4v) is 3.07. The molecule has 0 aliphatic carbocycles. The summed E-state index contributed by atoms with van der Waals surface area (Å²) >= 11 is 1.49. The Hall–Kier alpha value is -2.66. The molecule has 1 heterocycles. The van der Waals surface area contributed by atoms with Crippen LogP contribution in [-0.4, -0.2) is 24.0 Å². The summed E-state index contributed by atoms with van der Waals surface area (Å²) in [5.74, 6) is -0.117. The number of benzene rings is 2. The van der Waals surface area contributed by atoms with E-state index in [2.05, 4.69) is 15.6 Å². The van der Waals surface area contributed by atoms with Crippen molar-refractivity contribution in [2.75, 3.05) is 18.4 Å². The molecule has 0 spiro atoms. The fourth-order valence-electron chi connectivity index (χ4n) is 2.26. The Morgan fingerprint density at radius 2 is 1.67 bits per heavy atom. The molecule has 4 nitrogen and oxygen atoms in total. The van der Waals surface area contributed by atoms with Crippen molar-refractivity contribution in [1.29, 1.82) is 0 Å². The molecule has 1 amide bonds. The predicted octanol–water partition coefficient (Wildman–Crippen LogP) is 4.04. The van der Waals surface area contributed by atoms with Crippen LogP contribution in [0.2, 0.25) is 0 Å². The third-order valence-corrected chi connectivity index (χ3v) is 4.39. The van der Waals surface area contributed by atoms with E-state index >= 15 is 0 Å². The first-order valence-electron chi connectivity index (χ1n) is 7.91. The lowest BCUT2D eigenvalue weighted by molar-refractivity contribution is 0.0949. The van der Waals surface area contributed by atoms with Crippen LogP contribution in [-0.2, 0) is 0 Å². The Labute approximate surface area is 145 Å². The standard InChI is InChI=1S/C19H19N3OS/c23-18(21-13-7-12-20-16-10-5-2-6-11-16)17-14-24-19(22-17)15-8-3-1-4-9-15/h1-6,8-11,14,20H,7,12-13H2,(H,21,23). The Morgan fingerprint density at radius 1 is 0.958 bits per heavy atom. The maximum Gasteiger partial charge on any atom is 0.270 e. The largest absolute Gasteiger partial charge is 0.385 e. The smallest absolute Gasteiger partial charge is 0.270 e. The number of aromatic nitrogens is 1. The molecular formula is C19H19N3OS. The van der Waals surface area contributed by atoms with E-state index in [-0.39, 0.29) is 5.91 Å². The molecule has 0 aliphatic rings. The van der Waals surface area contributed by atoms with Gasteiger partial charge < -0.3 is 10.6 Å². The van der Waals surface area contributed by atoms with Gasteiger partial charge in [0.15, 0.2) is 0 Å². The lowest BCUT2D eigenvalue weighted by Crippen LogP contribution is -2.26. The number of carbonyl (C=O) groups is 1. The second-order valence-corrected chi connectivity index (χ2v) is 6.16. The van der Waals surface area contributed by atoms with Crippen LogP contribution in [0.3, 0.4) is 0 Å². The minimum Gasteiger partial charge on any atom is -0.385 e. The zero-order valence-corrected chi connectivity index (χ0v) is 14.1. The molecule has 0 saturated carbocycles. The topological polar surface area (TPSA) is 54.0 Å². The highest BCUT2D eigenvalue weighted by Crippen LogP contribution is 2.23. The zero-order valence-electron chi connectivity index (χ0n) is 13.2. The number of hydrogen-bond acceptors (Lipinski definition) is 4. The number of carbonyl (C=O) groups excluding carboxylic acids is 1. The summed E-state index contributed by atoms with van der Waals surface area (Å²) in [4.78, 5) is 16.6. The second-order valence-electron chi connectivity index (χ2n) is 5.31. The van der Waals surface area contributed by atoms with E-state index in [0.717, 1.165) is 29.2 Å². The van der Waals surface area contributed by atoms with Gasteiger partial charge in [-0.25, -0.2) is 4.98 Å². The second kappa shape index (κ2) is 8.26. The van der Waals surface area contributed by atoms with Gasteiger partial charge in [0.2, 0.25) is 0 Å². The normalized spacial score (nSPS) is 10.3. The summed E-state index contributed by atoms with van der Waals surface area (Å²) in [5, 5.41) is 8.91. The van der Waals surface area contributed by atoms with Crippen LogP contribution in [0.25, 0.3) is 10.6 Å². The van der Waals surface area contributed by atoms with Gasteiger partial charge in [-0.2, -0.15) is 0 Å². The molecular weight excluding hydrogens is 318 g/mol. The fraction of sp³-hybridized carbons (Fsp3) is 0.158. The average Bonchev–Trinajstić information content (AvgIpc) is 3.13. The number of amides is 1. The first-order chi connectivity index (χ1) is 11.8. The van der Waals surface area contributed by atoms with Crippen molar-refractivity contribution in [3.63, 3.8) is 0 Å². The van der Waals surface area contributed by atoms with Gasteiger partial charge in [0.25, 0.3) is 5.91 Å². The third kappa shape index (κ3) is 4.43. The molecule has 1 aromatic heterocycles. The van der Waals surface area contributed by atoms with E-state index in [1.807, 2.05) is 60.7 Å². The van der Waals surface area contributed by atoms with Crippen molar-refractivity contribution in [2.45, 2.75) is 6.42 Å². The van der Waals surface area contributed by atoms with Gasteiger partial charge in [0, 0.05) is 29.7 Å². The molecule has 5 heteroatoms. The van der Waals surface area contributed by atoms with Gasteiger partial charge in [0.05, 0.1) is 0 Å². The van der Waals surface area contributed by atoms with Crippen LogP contribution in [0, 0.1) is 0 Å². The summed E-state index contributed by atoms with van der Waals surface area (Å²) in [7, 11) is 0. The van der Waals surface area contributed by atoms with Crippen molar-refractivity contribution in [1.82, 2.24) is 10.3 Å². The third-order valence-electron chi connectivity index (χ3n) is 3.50. The van der Waals surface area contributed by atoms with Crippen LogP contribution in [0.1, 0.15) is 16.9 Å². The highest BCUT2D eigenvalue weighted by molar-refractivity contribution is 7.13. The molecule has 3 aromatic rings. The van der Waals surface area contributed by atoms with Gasteiger partial charge in [-0.3, -0.25) is 4.79 Å². The van der Waals surface area contributed by atoms with Crippen LogP contribution in [0.15, 0.2) is 66.0 Å². The number of nitrogens with one attached hydrogen (secondary N) is 2. The minimum absolute atomic E-state index is 0.117. The number of hydrogen-bond donors (Lipinski definition) is 2. The van der Waals surface area contributed by atoms with Gasteiger partial charge in [-0.05, 0) is 18.6 Å². The summed E-state index contributed by atoms with van der Waals surface area (Å²) in [5.41, 5.74) is 2.61. The molecule has 0 atom stereocenters. The predicted molar refractivity (Wildman–Crippen MR) is 99.4 cm³/mol. The first-order valence-corrected chi connectivity index (χ1v) is 8.79. The van der Waals surface area contributed by atoms with E-state index in [4.69, 9.17) is 0 Å². The summed E-state index contributed by atoms with van der Waals surface area (Å²) in [6.45, 7) is 1.44. The van der Waals surface area contributed by atoms with Crippen LogP contribution < -0.4 is 10.6 Å². The number of nitrogens with zero attached hydrogens (tertiary/aromatic N) is 1. The van der Waals surface area contributed by atoms with Gasteiger partial charge in [-0.15, -0.1) is 11.3 Å². The van der Waals surface area contributed by atoms with E-state index in [9.17, 15) is 4.79 Å². The van der Waals surface area contributed by atoms with Crippen LogP contribution in [0.4, 0.5) is 5.69 Å². The molecule has 2 aromatic carbocycles. The van der Waals surface area contributed by atoms with Crippen LogP contribution in [0.5, 0.6) is 0 Å². The lowest BCUT2D eigenvalue weighted by Gasteiger charge is -2.06. The Bertz CT molecular complexity index is 772. The average molecular weight is 337 g/mol. The Balaban J connectivity index is 1.43. The van der Waals surface area contributed by atoms with Gasteiger partial charge >= 0.3 is 0 Å². The molecule has 24 heavy (non-hydrogen) atoms. The van der Waals surface area contributed by atoms with Crippen molar-refractivity contribution >= 4 is 22.9 Å². The molecule has 0 radical (unpaired) electrons. The lowest BCUT2D eigenvalue weighted by atomic mass is 10.2. The Morgan fingerprint density at radius 3 is 2.42 bits per heavy atom. The van der Waals surface area contributed by atoms with Gasteiger partial charge in [-0.1, -0.05) is 48.5 Å². The van der Waals surface area contributed by atoms with E-state index < -0.39 is 0 Å². The molecule has 0 fully saturated rings. The molecule has 3 rings (SSSR count). The molecule has 0 unspecified atom stereocenters. The minimum atomic E-state index is -0.117. The van der Waals surface area contributed by atoms with E-state index in [0.29, 0.717) is 12.2 Å². The molecule has 0 saturated heterocycles. The van der Waals surface area contributed by atoms with E-state index in [1.54, 1.807) is 5.38 Å². The number of para-hydroxylation sites is 1. The van der Waals surface area contributed by atoms with Crippen molar-refractivity contribution in [3.05, 3.63) is 71.7 Å². The zero-order chi connectivity index (χ0) is 16.6. The molecule has 0 bridgehead atoms. The molecule has 122 valence electrons.